The number of esters is 1. The molecule has 0 aliphatic rings. The first-order valence-electron chi connectivity index (χ1n) is 6.36. The van der Waals surface area contributed by atoms with E-state index in [1.807, 2.05) is 6.92 Å². The summed E-state index contributed by atoms with van der Waals surface area (Å²) in [5.41, 5.74) is 6.78. The van der Waals surface area contributed by atoms with E-state index >= 15 is 0 Å². The highest BCUT2D eigenvalue weighted by Crippen LogP contribution is 2.12. The molecule has 0 bridgehead atoms. The molecule has 0 fully saturated rings. The summed E-state index contributed by atoms with van der Waals surface area (Å²) >= 11 is 0. The molecule has 0 spiro atoms. The van der Waals surface area contributed by atoms with Crippen molar-refractivity contribution < 1.29 is 14.3 Å². The van der Waals surface area contributed by atoms with Gasteiger partial charge in [-0.1, -0.05) is 0 Å². The van der Waals surface area contributed by atoms with Gasteiger partial charge in [0.25, 0.3) is 5.91 Å². The van der Waals surface area contributed by atoms with E-state index in [-0.39, 0.29) is 18.3 Å². The minimum atomic E-state index is -0.299. The lowest BCUT2D eigenvalue weighted by Crippen LogP contribution is -2.30. The Hall–Kier alpha value is -1.98. The van der Waals surface area contributed by atoms with Crippen molar-refractivity contribution in [2.45, 2.75) is 26.8 Å². The average Bonchev–Trinajstić information content (AvgIpc) is 2.76. The number of aromatic nitrogens is 1. The zero-order valence-electron chi connectivity index (χ0n) is 11.7. The number of anilines is 1. The van der Waals surface area contributed by atoms with Crippen LogP contribution in [-0.4, -0.2) is 41.5 Å². The smallest absolute Gasteiger partial charge is 0.307 e. The van der Waals surface area contributed by atoms with Crippen LogP contribution in [0.15, 0.2) is 12.3 Å². The van der Waals surface area contributed by atoms with Crippen molar-refractivity contribution >= 4 is 17.6 Å². The van der Waals surface area contributed by atoms with Gasteiger partial charge in [0.05, 0.1) is 18.7 Å². The van der Waals surface area contributed by atoms with Crippen LogP contribution in [0.1, 0.15) is 30.8 Å². The molecule has 19 heavy (non-hydrogen) atoms. The summed E-state index contributed by atoms with van der Waals surface area (Å²) in [5.74, 6) is -0.449. The van der Waals surface area contributed by atoms with Crippen LogP contribution >= 0.6 is 0 Å². The van der Waals surface area contributed by atoms with Crippen molar-refractivity contribution in [1.29, 1.82) is 0 Å². The van der Waals surface area contributed by atoms with Crippen molar-refractivity contribution in [3.05, 3.63) is 18.0 Å². The van der Waals surface area contributed by atoms with Crippen LogP contribution < -0.4 is 5.73 Å². The van der Waals surface area contributed by atoms with E-state index in [9.17, 15) is 9.59 Å². The molecule has 1 amide bonds. The Bertz CT molecular complexity index is 454. The molecule has 1 aromatic rings. The van der Waals surface area contributed by atoms with Gasteiger partial charge in [-0.2, -0.15) is 0 Å². The molecule has 0 radical (unpaired) electrons. The normalized spacial score (nSPS) is 10.3. The summed E-state index contributed by atoms with van der Waals surface area (Å²) in [6.07, 6.45) is 1.92. The Balaban J connectivity index is 2.63. The van der Waals surface area contributed by atoms with Gasteiger partial charge in [-0.05, 0) is 19.9 Å². The molecule has 106 valence electrons. The molecule has 0 aromatic carbocycles. The third kappa shape index (κ3) is 4.01. The number of ether oxygens (including phenoxy) is 1. The summed E-state index contributed by atoms with van der Waals surface area (Å²) in [7, 11) is 1.66. The fourth-order valence-electron chi connectivity index (χ4n) is 1.76. The molecule has 0 unspecified atom stereocenters. The molecule has 0 aliphatic heterocycles. The first-order valence-corrected chi connectivity index (χ1v) is 6.36. The zero-order chi connectivity index (χ0) is 14.4. The van der Waals surface area contributed by atoms with E-state index in [0.29, 0.717) is 31.1 Å². The highest BCUT2D eigenvalue weighted by Gasteiger charge is 2.17. The molecule has 1 heterocycles. The lowest BCUT2D eigenvalue weighted by atomic mass is 10.3. The van der Waals surface area contributed by atoms with Crippen LogP contribution in [-0.2, 0) is 16.1 Å². The molecule has 2 N–H and O–H groups in total. The molecule has 0 saturated heterocycles. The van der Waals surface area contributed by atoms with E-state index in [0.717, 1.165) is 0 Å². The van der Waals surface area contributed by atoms with Crippen molar-refractivity contribution in [1.82, 2.24) is 9.47 Å². The molecule has 1 aromatic heterocycles. The molecule has 1 rings (SSSR count). The number of carbonyl (C=O) groups is 2. The second-order valence-electron chi connectivity index (χ2n) is 4.23. The minimum Gasteiger partial charge on any atom is -0.466 e. The third-order valence-electron chi connectivity index (χ3n) is 2.78. The summed E-state index contributed by atoms with van der Waals surface area (Å²) in [4.78, 5) is 25.0. The number of nitrogens with two attached hydrogens (primary N) is 1. The number of rotatable bonds is 6. The van der Waals surface area contributed by atoms with Crippen LogP contribution in [0.4, 0.5) is 5.69 Å². The van der Waals surface area contributed by atoms with Gasteiger partial charge < -0.3 is 19.9 Å². The Morgan fingerprint density at radius 2 is 2.11 bits per heavy atom. The van der Waals surface area contributed by atoms with Gasteiger partial charge in [-0.15, -0.1) is 0 Å². The third-order valence-corrected chi connectivity index (χ3v) is 2.78. The summed E-state index contributed by atoms with van der Waals surface area (Å²) in [6, 6.07) is 1.65. The van der Waals surface area contributed by atoms with E-state index in [1.54, 1.807) is 30.8 Å². The maximum Gasteiger partial charge on any atom is 0.307 e. The lowest BCUT2D eigenvalue weighted by molar-refractivity contribution is -0.143. The number of hydrogen-bond acceptors (Lipinski definition) is 4. The van der Waals surface area contributed by atoms with Crippen LogP contribution in [0.5, 0.6) is 0 Å². The van der Waals surface area contributed by atoms with Crippen molar-refractivity contribution in [2.75, 3.05) is 25.9 Å². The van der Waals surface area contributed by atoms with Crippen molar-refractivity contribution in [3.63, 3.8) is 0 Å². The van der Waals surface area contributed by atoms with Gasteiger partial charge in [0.2, 0.25) is 0 Å². The monoisotopic (exact) mass is 267 g/mol. The van der Waals surface area contributed by atoms with Crippen molar-refractivity contribution in [3.8, 4) is 0 Å². The Morgan fingerprint density at radius 3 is 2.68 bits per heavy atom. The largest absolute Gasteiger partial charge is 0.466 e. The number of carbonyl (C=O) groups excluding carboxylic acids is 2. The maximum absolute atomic E-state index is 12.2. The number of aryl methyl sites for hydroxylation is 1. The Morgan fingerprint density at radius 1 is 1.42 bits per heavy atom. The topological polar surface area (TPSA) is 77.6 Å². The van der Waals surface area contributed by atoms with Gasteiger partial charge in [0.15, 0.2) is 0 Å². The van der Waals surface area contributed by atoms with Gasteiger partial charge >= 0.3 is 5.97 Å². The molecular formula is C13H21N3O3. The van der Waals surface area contributed by atoms with E-state index in [1.165, 1.54) is 4.90 Å². The number of hydrogen-bond donors (Lipinski definition) is 1. The standard InChI is InChI=1S/C13H21N3O3/c1-4-16-9-10(14)8-11(16)13(18)15(3)7-6-12(17)19-5-2/h8-9H,4-7,14H2,1-3H3. The van der Waals surface area contributed by atoms with E-state index in [2.05, 4.69) is 0 Å². The SMILES string of the molecule is CCOC(=O)CCN(C)C(=O)c1cc(N)cn1CC. The average molecular weight is 267 g/mol. The van der Waals surface area contributed by atoms with Crippen LogP contribution in [0.2, 0.25) is 0 Å². The first-order chi connectivity index (χ1) is 8.99. The van der Waals surface area contributed by atoms with Crippen LogP contribution in [0, 0.1) is 0 Å². The van der Waals surface area contributed by atoms with Crippen LogP contribution in [0.3, 0.4) is 0 Å². The lowest BCUT2D eigenvalue weighted by Gasteiger charge is -2.17. The first kappa shape index (κ1) is 15.1. The van der Waals surface area contributed by atoms with E-state index in [4.69, 9.17) is 10.5 Å². The minimum absolute atomic E-state index is 0.150. The summed E-state index contributed by atoms with van der Waals surface area (Å²) in [6.45, 7) is 5.04. The number of nitrogens with zero attached hydrogens (tertiary/aromatic N) is 2. The van der Waals surface area contributed by atoms with Gasteiger partial charge in [-0.3, -0.25) is 9.59 Å². The molecular weight excluding hydrogens is 246 g/mol. The molecule has 0 atom stereocenters. The summed E-state index contributed by atoms with van der Waals surface area (Å²) < 4.78 is 6.61. The number of nitrogen functional groups attached to an aromatic ring is 1. The van der Waals surface area contributed by atoms with Gasteiger partial charge in [-0.25, -0.2) is 0 Å². The van der Waals surface area contributed by atoms with E-state index < -0.39 is 0 Å². The highest BCUT2D eigenvalue weighted by molar-refractivity contribution is 5.93. The van der Waals surface area contributed by atoms with Crippen molar-refractivity contribution in [2.24, 2.45) is 0 Å². The Labute approximate surface area is 113 Å². The highest BCUT2D eigenvalue weighted by atomic mass is 16.5. The quantitative estimate of drug-likeness (QED) is 0.783. The summed E-state index contributed by atoms with van der Waals surface area (Å²) in [5, 5.41) is 0. The fraction of sp³-hybridized carbons (Fsp3) is 0.538. The number of amides is 1. The molecule has 6 heteroatoms. The zero-order valence-corrected chi connectivity index (χ0v) is 11.7. The molecule has 0 aliphatic carbocycles. The molecule has 0 saturated carbocycles. The second kappa shape index (κ2) is 6.82. The van der Waals surface area contributed by atoms with Gasteiger partial charge in [0, 0.05) is 26.3 Å². The van der Waals surface area contributed by atoms with Gasteiger partial charge in [0.1, 0.15) is 5.69 Å². The predicted molar refractivity (Wildman–Crippen MR) is 72.7 cm³/mol. The molecule has 6 nitrogen and oxygen atoms in total. The second-order valence-corrected chi connectivity index (χ2v) is 4.23. The van der Waals surface area contributed by atoms with Crippen LogP contribution in [0.25, 0.3) is 0 Å². The Kier molecular flexibility index (Phi) is 5.41. The maximum atomic E-state index is 12.2. The predicted octanol–water partition coefficient (Wildman–Crippen LogP) is 1.12. The fourth-order valence-corrected chi connectivity index (χ4v) is 1.76.